The van der Waals surface area contributed by atoms with Crippen LogP contribution in [-0.2, 0) is 4.74 Å². The molecule has 0 aromatic rings. The maximum absolute atomic E-state index is 5.59. The van der Waals surface area contributed by atoms with Crippen LogP contribution in [0.3, 0.4) is 0 Å². The van der Waals surface area contributed by atoms with Crippen LogP contribution in [0, 0.1) is 5.92 Å². The van der Waals surface area contributed by atoms with Gasteiger partial charge in [-0.25, -0.2) is 0 Å². The van der Waals surface area contributed by atoms with Crippen LogP contribution in [0.1, 0.15) is 40.0 Å². The highest BCUT2D eigenvalue weighted by Crippen LogP contribution is 2.00. The second-order valence-electron chi connectivity index (χ2n) is 4.88. The van der Waals surface area contributed by atoms with E-state index in [2.05, 4.69) is 25.7 Å². The zero-order valence-electron chi connectivity index (χ0n) is 11.6. The molecule has 0 saturated heterocycles. The Morgan fingerprint density at radius 2 is 2.00 bits per heavy atom. The molecule has 0 saturated carbocycles. The summed E-state index contributed by atoms with van der Waals surface area (Å²) < 4.78 is 5.59. The minimum atomic E-state index is 0.602. The number of nitrogens with two attached hydrogens (primary N) is 1. The lowest BCUT2D eigenvalue weighted by molar-refractivity contribution is 0.0984. The monoisotopic (exact) mass is 260 g/mol. The molecule has 0 aromatic carbocycles. The third kappa shape index (κ3) is 12.1. The molecule has 17 heavy (non-hydrogen) atoms. The van der Waals surface area contributed by atoms with Crippen molar-refractivity contribution in [3.05, 3.63) is 0 Å². The van der Waals surface area contributed by atoms with Crippen molar-refractivity contribution in [2.45, 2.75) is 40.0 Å². The molecule has 4 heteroatoms. The number of hydrogen-bond donors (Lipinski definition) is 1. The summed E-state index contributed by atoms with van der Waals surface area (Å²) in [7, 11) is 0. The molecule has 102 valence electrons. The van der Waals surface area contributed by atoms with Crippen LogP contribution in [-0.4, -0.2) is 42.7 Å². The van der Waals surface area contributed by atoms with Crippen LogP contribution < -0.4 is 5.73 Å². The lowest BCUT2D eigenvalue weighted by atomic mass is 10.2. The summed E-state index contributed by atoms with van der Waals surface area (Å²) in [5.41, 5.74) is 5.54. The Hall–Kier alpha value is -0.190. The van der Waals surface area contributed by atoms with Crippen LogP contribution in [0.15, 0.2) is 0 Å². The molecule has 0 aliphatic carbocycles. The maximum Gasteiger partial charge on any atom is 0.0740 e. The smallest absolute Gasteiger partial charge is 0.0740 e. The van der Waals surface area contributed by atoms with E-state index in [1.54, 1.807) is 0 Å². The molecular weight excluding hydrogens is 232 g/mol. The van der Waals surface area contributed by atoms with E-state index in [0.717, 1.165) is 45.7 Å². The summed E-state index contributed by atoms with van der Waals surface area (Å²) >= 11 is 4.92. The highest BCUT2D eigenvalue weighted by Gasteiger charge is 2.07. The van der Waals surface area contributed by atoms with Crippen molar-refractivity contribution >= 4 is 17.2 Å². The minimum absolute atomic E-state index is 0.602. The fourth-order valence-electron chi connectivity index (χ4n) is 1.62. The second kappa shape index (κ2) is 10.9. The van der Waals surface area contributed by atoms with Crippen LogP contribution >= 0.6 is 12.2 Å². The lowest BCUT2D eigenvalue weighted by Gasteiger charge is -2.23. The Kier molecular flexibility index (Phi) is 10.8. The van der Waals surface area contributed by atoms with Gasteiger partial charge in [0.05, 0.1) is 11.6 Å². The van der Waals surface area contributed by atoms with Gasteiger partial charge in [-0.15, -0.1) is 0 Å². The molecule has 0 aliphatic heterocycles. The van der Waals surface area contributed by atoms with Gasteiger partial charge >= 0.3 is 0 Å². The van der Waals surface area contributed by atoms with E-state index in [9.17, 15) is 0 Å². The van der Waals surface area contributed by atoms with Crippen LogP contribution in [0.2, 0.25) is 0 Å². The van der Waals surface area contributed by atoms with Gasteiger partial charge in [-0.3, -0.25) is 0 Å². The van der Waals surface area contributed by atoms with Gasteiger partial charge in [-0.2, -0.15) is 0 Å². The minimum Gasteiger partial charge on any atom is -0.393 e. The zero-order valence-corrected chi connectivity index (χ0v) is 12.4. The SMILES string of the molecule is CCCCOCCN(CCC(N)=S)CC(C)C. The first-order valence-electron chi connectivity index (χ1n) is 6.64. The molecule has 0 unspecified atom stereocenters. The highest BCUT2D eigenvalue weighted by atomic mass is 32.1. The van der Waals surface area contributed by atoms with Crippen LogP contribution in [0.4, 0.5) is 0 Å². The predicted molar refractivity (Wildman–Crippen MR) is 78.4 cm³/mol. The zero-order chi connectivity index (χ0) is 13.1. The van der Waals surface area contributed by atoms with Gasteiger partial charge in [0.25, 0.3) is 0 Å². The standard InChI is InChI=1S/C13H28N2OS/c1-4-5-9-16-10-8-15(11-12(2)3)7-6-13(14)17/h12H,4-11H2,1-3H3,(H2,14,17). The Bertz CT molecular complexity index is 198. The van der Waals surface area contributed by atoms with Gasteiger partial charge < -0.3 is 15.4 Å². The van der Waals surface area contributed by atoms with E-state index in [-0.39, 0.29) is 0 Å². The number of rotatable bonds is 11. The third-order valence-corrected chi connectivity index (χ3v) is 2.70. The van der Waals surface area contributed by atoms with E-state index in [4.69, 9.17) is 22.7 Å². The Labute approximate surface area is 112 Å². The molecule has 0 heterocycles. The van der Waals surface area contributed by atoms with Crippen molar-refractivity contribution in [1.82, 2.24) is 4.90 Å². The van der Waals surface area contributed by atoms with Crippen molar-refractivity contribution in [2.75, 3.05) is 32.8 Å². The molecule has 0 fully saturated rings. The topological polar surface area (TPSA) is 38.5 Å². The van der Waals surface area contributed by atoms with E-state index >= 15 is 0 Å². The van der Waals surface area contributed by atoms with E-state index in [1.807, 2.05) is 0 Å². The highest BCUT2D eigenvalue weighted by molar-refractivity contribution is 7.80. The van der Waals surface area contributed by atoms with Crippen molar-refractivity contribution in [3.8, 4) is 0 Å². The molecule has 0 bridgehead atoms. The van der Waals surface area contributed by atoms with Crippen molar-refractivity contribution in [1.29, 1.82) is 0 Å². The molecule has 0 aromatic heterocycles. The average Bonchev–Trinajstić information content (AvgIpc) is 2.24. The average molecular weight is 260 g/mol. The van der Waals surface area contributed by atoms with E-state index < -0.39 is 0 Å². The first-order chi connectivity index (χ1) is 8.06. The molecule has 0 atom stereocenters. The molecule has 0 radical (unpaired) electrons. The number of unbranched alkanes of at least 4 members (excludes halogenated alkanes) is 1. The number of thiocarbonyl (C=S) groups is 1. The molecule has 0 rings (SSSR count). The molecule has 0 spiro atoms. The predicted octanol–water partition coefficient (Wildman–Crippen LogP) is 2.44. The molecule has 0 aliphatic rings. The van der Waals surface area contributed by atoms with Crippen molar-refractivity contribution in [3.63, 3.8) is 0 Å². The van der Waals surface area contributed by atoms with Gasteiger partial charge in [0.15, 0.2) is 0 Å². The summed E-state index contributed by atoms with van der Waals surface area (Å²) in [5.74, 6) is 0.664. The third-order valence-electron chi connectivity index (χ3n) is 2.49. The van der Waals surface area contributed by atoms with Crippen LogP contribution in [0.25, 0.3) is 0 Å². The lowest BCUT2D eigenvalue weighted by Crippen LogP contribution is -2.33. The van der Waals surface area contributed by atoms with Gasteiger partial charge in [0.2, 0.25) is 0 Å². The van der Waals surface area contributed by atoms with E-state index in [1.165, 1.54) is 6.42 Å². The molecule has 2 N–H and O–H groups in total. The number of ether oxygens (including phenoxy) is 1. The summed E-state index contributed by atoms with van der Waals surface area (Å²) in [6.07, 6.45) is 3.14. The summed E-state index contributed by atoms with van der Waals surface area (Å²) in [5, 5.41) is 0. The molecule has 0 amide bonds. The number of nitrogens with zero attached hydrogens (tertiary/aromatic N) is 1. The molecular formula is C13H28N2OS. The van der Waals surface area contributed by atoms with Gasteiger partial charge in [-0.1, -0.05) is 39.4 Å². The first kappa shape index (κ1) is 16.8. The Balaban J connectivity index is 3.72. The quantitative estimate of drug-likeness (QED) is 0.457. The Morgan fingerprint density at radius 1 is 1.29 bits per heavy atom. The summed E-state index contributed by atoms with van der Waals surface area (Å²) in [4.78, 5) is 2.99. The van der Waals surface area contributed by atoms with Gasteiger partial charge in [0.1, 0.15) is 0 Å². The normalized spacial score (nSPS) is 11.4. The van der Waals surface area contributed by atoms with Gasteiger partial charge in [0, 0.05) is 32.7 Å². The van der Waals surface area contributed by atoms with E-state index in [0.29, 0.717) is 10.9 Å². The van der Waals surface area contributed by atoms with Crippen molar-refractivity contribution < 1.29 is 4.74 Å². The van der Waals surface area contributed by atoms with Crippen LogP contribution in [0.5, 0.6) is 0 Å². The largest absolute Gasteiger partial charge is 0.393 e. The fourth-order valence-corrected chi connectivity index (χ4v) is 1.71. The number of hydrogen-bond acceptors (Lipinski definition) is 3. The fraction of sp³-hybridized carbons (Fsp3) is 0.923. The maximum atomic E-state index is 5.59. The summed E-state index contributed by atoms with van der Waals surface area (Å²) in [6, 6.07) is 0. The Morgan fingerprint density at radius 3 is 2.53 bits per heavy atom. The van der Waals surface area contributed by atoms with Crippen molar-refractivity contribution in [2.24, 2.45) is 11.7 Å². The summed E-state index contributed by atoms with van der Waals surface area (Å²) in [6.45, 7) is 11.3. The molecule has 3 nitrogen and oxygen atoms in total. The second-order valence-corrected chi connectivity index (χ2v) is 5.40. The van der Waals surface area contributed by atoms with Gasteiger partial charge in [-0.05, 0) is 12.3 Å². The first-order valence-corrected chi connectivity index (χ1v) is 7.05.